The first-order valence-electron chi connectivity index (χ1n) is 6.58. The fraction of sp³-hybridized carbons (Fsp3) is 0.333. The molecule has 1 saturated carbocycles. The van der Waals surface area contributed by atoms with Crippen LogP contribution in [0.4, 0.5) is 0 Å². The van der Waals surface area contributed by atoms with Gasteiger partial charge in [0, 0.05) is 23.0 Å². The molecule has 1 aromatic carbocycles. The molecule has 1 aliphatic carbocycles. The Labute approximate surface area is 115 Å². The van der Waals surface area contributed by atoms with E-state index in [4.69, 9.17) is 4.74 Å². The molecule has 3 rings (SSSR count). The lowest BCUT2D eigenvalue weighted by atomic mass is 9.99. The van der Waals surface area contributed by atoms with Crippen LogP contribution in [0.25, 0.3) is 10.9 Å². The largest absolute Gasteiger partial charge is 0.480 e. The van der Waals surface area contributed by atoms with E-state index in [1.165, 1.54) is 0 Å². The molecule has 0 radical (unpaired) electrons. The van der Waals surface area contributed by atoms with Crippen LogP contribution in [0.1, 0.15) is 24.8 Å². The summed E-state index contributed by atoms with van der Waals surface area (Å²) < 4.78 is 4.94. The van der Waals surface area contributed by atoms with Crippen LogP contribution >= 0.6 is 0 Å². The highest BCUT2D eigenvalue weighted by molar-refractivity contribution is 6.05. The molecule has 1 fully saturated rings. The summed E-state index contributed by atoms with van der Waals surface area (Å²) in [7, 11) is 0. The van der Waals surface area contributed by atoms with Gasteiger partial charge < -0.3 is 14.8 Å². The number of fused-ring (bicyclic) bond motifs is 1. The zero-order valence-electron chi connectivity index (χ0n) is 11.1. The zero-order valence-corrected chi connectivity index (χ0v) is 11.1. The second kappa shape index (κ2) is 4.37. The number of hydrogen-bond donors (Lipinski definition) is 2. The van der Waals surface area contributed by atoms with Crippen LogP contribution in [0.2, 0.25) is 0 Å². The third-order valence-electron chi connectivity index (χ3n) is 3.98. The van der Waals surface area contributed by atoms with Crippen molar-refractivity contribution in [3.05, 3.63) is 36.0 Å². The lowest BCUT2D eigenvalue weighted by Gasteiger charge is -2.10. The number of aromatic amines is 1. The minimum Gasteiger partial charge on any atom is -0.480 e. The van der Waals surface area contributed by atoms with E-state index in [-0.39, 0.29) is 12.5 Å². The molecule has 1 aromatic heterocycles. The molecule has 2 unspecified atom stereocenters. The first-order chi connectivity index (χ1) is 9.61. The SMILES string of the molecule is CCOC(=O)C1(C(=O)O)CC1c1c[nH]c2ccccc12. The molecule has 0 bridgehead atoms. The maximum atomic E-state index is 12.0. The lowest BCUT2D eigenvalue weighted by Crippen LogP contribution is -2.29. The van der Waals surface area contributed by atoms with E-state index in [1.807, 2.05) is 24.3 Å². The van der Waals surface area contributed by atoms with E-state index in [1.54, 1.807) is 13.1 Å². The summed E-state index contributed by atoms with van der Waals surface area (Å²) >= 11 is 0. The van der Waals surface area contributed by atoms with Gasteiger partial charge in [0.25, 0.3) is 0 Å². The highest BCUT2D eigenvalue weighted by Gasteiger charge is 2.68. The van der Waals surface area contributed by atoms with Crippen LogP contribution in [-0.4, -0.2) is 28.6 Å². The predicted molar refractivity (Wildman–Crippen MR) is 72.4 cm³/mol. The number of carboxylic acids is 1. The second-order valence-corrected chi connectivity index (χ2v) is 5.04. The molecule has 2 N–H and O–H groups in total. The molecular formula is C15H15NO4. The van der Waals surface area contributed by atoms with Crippen LogP contribution in [0.5, 0.6) is 0 Å². The number of rotatable bonds is 4. The third kappa shape index (κ3) is 1.62. The van der Waals surface area contributed by atoms with E-state index in [0.29, 0.717) is 6.42 Å². The Bertz CT molecular complexity index is 690. The Morgan fingerprint density at radius 2 is 2.20 bits per heavy atom. The van der Waals surface area contributed by atoms with Gasteiger partial charge in [0.1, 0.15) is 0 Å². The number of nitrogens with one attached hydrogen (secondary N) is 1. The van der Waals surface area contributed by atoms with Crippen molar-refractivity contribution in [1.82, 2.24) is 4.98 Å². The van der Waals surface area contributed by atoms with Crippen LogP contribution in [-0.2, 0) is 14.3 Å². The summed E-state index contributed by atoms with van der Waals surface area (Å²) in [5, 5.41) is 10.4. The number of aromatic nitrogens is 1. The standard InChI is InChI=1S/C15H15NO4/c1-2-20-14(19)15(13(17)18)7-11(15)10-8-16-12-6-4-3-5-9(10)12/h3-6,8,11,16H,2,7H2,1H3,(H,17,18). The Morgan fingerprint density at radius 1 is 1.45 bits per heavy atom. The van der Waals surface area contributed by atoms with E-state index in [2.05, 4.69) is 4.98 Å². The number of para-hydroxylation sites is 1. The summed E-state index contributed by atoms with van der Waals surface area (Å²) in [6, 6.07) is 7.66. The highest BCUT2D eigenvalue weighted by Crippen LogP contribution is 2.61. The number of carbonyl (C=O) groups is 2. The van der Waals surface area contributed by atoms with Crippen molar-refractivity contribution in [3.8, 4) is 0 Å². The Balaban J connectivity index is 2.00. The summed E-state index contributed by atoms with van der Waals surface area (Å²) in [5.74, 6) is -2.07. The number of carboxylic acid groups (broad SMARTS) is 1. The van der Waals surface area contributed by atoms with Crippen molar-refractivity contribution in [2.24, 2.45) is 5.41 Å². The van der Waals surface area contributed by atoms with Crippen molar-refractivity contribution < 1.29 is 19.4 Å². The number of benzene rings is 1. The Morgan fingerprint density at radius 3 is 2.90 bits per heavy atom. The first kappa shape index (κ1) is 12.7. The minimum atomic E-state index is -1.42. The smallest absolute Gasteiger partial charge is 0.324 e. The fourth-order valence-corrected chi connectivity index (χ4v) is 2.83. The maximum absolute atomic E-state index is 12.0. The normalized spacial score (nSPS) is 24.6. The molecular weight excluding hydrogens is 258 g/mol. The van der Waals surface area contributed by atoms with Crippen LogP contribution < -0.4 is 0 Å². The fourth-order valence-electron chi connectivity index (χ4n) is 2.83. The van der Waals surface area contributed by atoms with Gasteiger partial charge in [-0.2, -0.15) is 0 Å². The number of esters is 1. The Kier molecular flexibility index (Phi) is 2.78. The molecule has 5 heteroatoms. The average Bonchev–Trinajstić information content (AvgIpc) is 3.06. The Hall–Kier alpha value is -2.30. The third-order valence-corrected chi connectivity index (χ3v) is 3.98. The molecule has 104 valence electrons. The minimum absolute atomic E-state index is 0.189. The molecule has 1 aliphatic rings. The maximum Gasteiger partial charge on any atom is 0.324 e. The lowest BCUT2D eigenvalue weighted by molar-refractivity contribution is -0.161. The van der Waals surface area contributed by atoms with E-state index in [0.717, 1.165) is 16.5 Å². The monoisotopic (exact) mass is 273 g/mol. The van der Waals surface area contributed by atoms with E-state index >= 15 is 0 Å². The molecule has 2 aromatic rings. The van der Waals surface area contributed by atoms with Crippen LogP contribution in [0.15, 0.2) is 30.5 Å². The molecule has 20 heavy (non-hydrogen) atoms. The average molecular weight is 273 g/mol. The summed E-state index contributed by atoms with van der Waals surface area (Å²) in [6.07, 6.45) is 2.09. The van der Waals surface area contributed by atoms with Gasteiger partial charge >= 0.3 is 11.9 Å². The number of ether oxygens (including phenoxy) is 1. The summed E-state index contributed by atoms with van der Waals surface area (Å²) in [5.41, 5.74) is 0.398. The second-order valence-electron chi connectivity index (χ2n) is 5.04. The van der Waals surface area contributed by atoms with Crippen LogP contribution in [0.3, 0.4) is 0 Å². The topological polar surface area (TPSA) is 79.4 Å². The number of carbonyl (C=O) groups excluding carboxylic acids is 1. The molecule has 0 aliphatic heterocycles. The number of aliphatic carboxylic acids is 1. The predicted octanol–water partition coefficient (Wildman–Crippen LogP) is 2.29. The van der Waals surface area contributed by atoms with Crippen molar-refractivity contribution in [1.29, 1.82) is 0 Å². The molecule has 0 saturated heterocycles. The number of hydrogen-bond acceptors (Lipinski definition) is 3. The van der Waals surface area contributed by atoms with Gasteiger partial charge in [0.2, 0.25) is 0 Å². The van der Waals surface area contributed by atoms with Gasteiger partial charge in [-0.05, 0) is 25.0 Å². The van der Waals surface area contributed by atoms with Gasteiger partial charge in [-0.25, -0.2) is 0 Å². The molecule has 0 amide bonds. The van der Waals surface area contributed by atoms with Crippen molar-refractivity contribution in [2.75, 3.05) is 6.61 Å². The first-order valence-corrected chi connectivity index (χ1v) is 6.58. The molecule has 2 atom stereocenters. The van der Waals surface area contributed by atoms with Gasteiger partial charge in [-0.15, -0.1) is 0 Å². The molecule has 1 heterocycles. The quantitative estimate of drug-likeness (QED) is 0.661. The van der Waals surface area contributed by atoms with Crippen molar-refractivity contribution in [3.63, 3.8) is 0 Å². The van der Waals surface area contributed by atoms with Gasteiger partial charge in [-0.3, -0.25) is 9.59 Å². The van der Waals surface area contributed by atoms with Crippen molar-refractivity contribution >= 4 is 22.8 Å². The number of H-pyrrole nitrogens is 1. The zero-order chi connectivity index (χ0) is 14.3. The molecule has 5 nitrogen and oxygen atoms in total. The van der Waals surface area contributed by atoms with Crippen molar-refractivity contribution in [2.45, 2.75) is 19.3 Å². The summed E-state index contributed by atoms with van der Waals surface area (Å²) in [4.78, 5) is 26.6. The van der Waals surface area contributed by atoms with Crippen LogP contribution in [0, 0.1) is 5.41 Å². The molecule has 0 spiro atoms. The van der Waals surface area contributed by atoms with E-state index < -0.39 is 17.4 Å². The van der Waals surface area contributed by atoms with Gasteiger partial charge in [0.15, 0.2) is 5.41 Å². The van der Waals surface area contributed by atoms with Gasteiger partial charge in [-0.1, -0.05) is 18.2 Å². The van der Waals surface area contributed by atoms with E-state index in [9.17, 15) is 14.7 Å². The summed E-state index contributed by atoms with van der Waals surface area (Å²) in [6.45, 7) is 1.87. The highest BCUT2D eigenvalue weighted by atomic mass is 16.5. The van der Waals surface area contributed by atoms with Gasteiger partial charge in [0.05, 0.1) is 6.61 Å².